The fourth-order valence-electron chi connectivity index (χ4n) is 2.23. The van der Waals surface area contributed by atoms with E-state index in [4.69, 9.17) is 4.42 Å². The van der Waals surface area contributed by atoms with E-state index in [2.05, 4.69) is 0 Å². The standard InChI is InChI=1S/C15H12F3N3O3/c1-9-2-5-24-13(9)12-10(7-19)6-11(8-22)21(12)4-3-20-14(23)15(16,17)18/h2,5-6,8H,3-4H2,1H3,(H,20,23). The minimum Gasteiger partial charge on any atom is -0.462 e. The lowest BCUT2D eigenvalue weighted by atomic mass is 10.1. The Kier molecular flexibility index (Phi) is 4.78. The van der Waals surface area contributed by atoms with Crippen molar-refractivity contribution in [2.24, 2.45) is 0 Å². The molecule has 0 atom stereocenters. The fraction of sp³-hybridized carbons (Fsp3) is 0.267. The van der Waals surface area contributed by atoms with E-state index in [1.165, 1.54) is 16.9 Å². The van der Waals surface area contributed by atoms with Crippen LogP contribution >= 0.6 is 0 Å². The average molecular weight is 339 g/mol. The van der Waals surface area contributed by atoms with Crippen LogP contribution in [0.2, 0.25) is 0 Å². The number of hydrogen-bond acceptors (Lipinski definition) is 4. The highest BCUT2D eigenvalue weighted by atomic mass is 19.4. The third-order valence-corrected chi connectivity index (χ3v) is 3.33. The van der Waals surface area contributed by atoms with Crippen molar-refractivity contribution in [3.05, 3.63) is 35.2 Å². The molecule has 2 aromatic heterocycles. The first-order chi connectivity index (χ1) is 11.3. The quantitative estimate of drug-likeness (QED) is 0.848. The van der Waals surface area contributed by atoms with Crippen molar-refractivity contribution in [1.29, 1.82) is 5.26 Å². The summed E-state index contributed by atoms with van der Waals surface area (Å²) in [5.74, 6) is -1.74. The van der Waals surface area contributed by atoms with Crippen molar-refractivity contribution in [3.63, 3.8) is 0 Å². The molecular weight excluding hydrogens is 327 g/mol. The molecule has 0 aliphatic carbocycles. The zero-order valence-electron chi connectivity index (χ0n) is 12.5. The van der Waals surface area contributed by atoms with E-state index in [1.807, 2.05) is 6.07 Å². The first kappa shape index (κ1) is 17.3. The largest absolute Gasteiger partial charge is 0.471 e. The van der Waals surface area contributed by atoms with Crippen LogP contribution < -0.4 is 5.32 Å². The number of hydrogen-bond donors (Lipinski definition) is 1. The predicted molar refractivity (Wildman–Crippen MR) is 76.0 cm³/mol. The second-order valence-electron chi connectivity index (χ2n) is 4.90. The molecule has 2 heterocycles. The molecule has 0 saturated carbocycles. The van der Waals surface area contributed by atoms with E-state index < -0.39 is 12.1 Å². The minimum absolute atomic E-state index is 0.0959. The summed E-state index contributed by atoms with van der Waals surface area (Å²) < 4.78 is 43.3. The second-order valence-corrected chi connectivity index (χ2v) is 4.90. The number of halogens is 3. The summed E-state index contributed by atoms with van der Waals surface area (Å²) >= 11 is 0. The van der Waals surface area contributed by atoms with Crippen LogP contribution in [0.1, 0.15) is 21.6 Å². The number of aromatic nitrogens is 1. The van der Waals surface area contributed by atoms with Gasteiger partial charge in [0, 0.05) is 13.1 Å². The van der Waals surface area contributed by atoms with Gasteiger partial charge in [0.25, 0.3) is 0 Å². The molecule has 0 spiro atoms. The smallest absolute Gasteiger partial charge is 0.462 e. The van der Waals surface area contributed by atoms with Gasteiger partial charge in [0.2, 0.25) is 0 Å². The van der Waals surface area contributed by atoms with Crippen LogP contribution in [0, 0.1) is 18.3 Å². The minimum atomic E-state index is -4.98. The molecule has 9 heteroatoms. The summed E-state index contributed by atoms with van der Waals surface area (Å²) in [5.41, 5.74) is 1.22. The SMILES string of the molecule is Cc1ccoc1-c1c(C#N)cc(C=O)n1CCNC(=O)C(F)(F)F. The number of nitriles is 1. The maximum Gasteiger partial charge on any atom is 0.471 e. The lowest BCUT2D eigenvalue weighted by Gasteiger charge is -2.12. The molecule has 0 aliphatic rings. The third-order valence-electron chi connectivity index (χ3n) is 3.33. The molecule has 0 radical (unpaired) electrons. The Hall–Kier alpha value is -3.02. The van der Waals surface area contributed by atoms with Crippen LogP contribution in [0.3, 0.4) is 0 Å². The highest BCUT2D eigenvalue weighted by Gasteiger charge is 2.38. The number of alkyl halides is 3. The van der Waals surface area contributed by atoms with Gasteiger partial charge < -0.3 is 14.3 Å². The Bertz CT molecular complexity index is 812. The predicted octanol–water partition coefficient (Wildman–Crippen LogP) is 2.42. The summed E-state index contributed by atoms with van der Waals surface area (Å²) in [6.45, 7) is 1.22. The van der Waals surface area contributed by atoms with Crippen molar-refractivity contribution in [2.45, 2.75) is 19.6 Å². The van der Waals surface area contributed by atoms with Crippen molar-refractivity contribution in [1.82, 2.24) is 9.88 Å². The molecule has 0 aliphatic heterocycles. The van der Waals surface area contributed by atoms with Crippen LogP contribution in [0.15, 0.2) is 22.8 Å². The van der Waals surface area contributed by atoms with Gasteiger partial charge in [-0.15, -0.1) is 0 Å². The topological polar surface area (TPSA) is 88.0 Å². The van der Waals surface area contributed by atoms with Gasteiger partial charge in [0.15, 0.2) is 12.0 Å². The molecule has 6 nitrogen and oxygen atoms in total. The van der Waals surface area contributed by atoms with Gasteiger partial charge in [-0.2, -0.15) is 18.4 Å². The van der Waals surface area contributed by atoms with Gasteiger partial charge in [-0.3, -0.25) is 9.59 Å². The third kappa shape index (κ3) is 3.32. The summed E-state index contributed by atoms with van der Waals surface area (Å²) in [7, 11) is 0. The number of nitrogens with zero attached hydrogens (tertiary/aromatic N) is 2. The molecule has 0 aromatic carbocycles. The molecule has 2 aromatic rings. The molecule has 0 unspecified atom stereocenters. The van der Waals surface area contributed by atoms with E-state index >= 15 is 0 Å². The monoisotopic (exact) mass is 339 g/mol. The Morgan fingerprint density at radius 2 is 2.21 bits per heavy atom. The Morgan fingerprint density at radius 1 is 1.50 bits per heavy atom. The number of carbonyl (C=O) groups is 2. The van der Waals surface area contributed by atoms with Crippen molar-refractivity contribution in [2.75, 3.05) is 6.54 Å². The molecule has 2 rings (SSSR count). The number of aldehydes is 1. The van der Waals surface area contributed by atoms with Gasteiger partial charge in [0.1, 0.15) is 11.8 Å². The lowest BCUT2D eigenvalue weighted by molar-refractivity contribution is -0.173. The highest BCUT2D eigenvalue weighted by Crippen LogP contribution is 2.30. The molecular formula is C15H12F3N3O3. The van der Waals surface area contributed by atoms with Gasteiger partial charge in [-0.05, 0) is 24.6 Å². The number of aryl methyl sites for hydroxylation is 1. The maximum absolute atomic E-state index is 12.2. The van der Waals surface area contributed by atoms with Crippen molar-refractivity contribution < 1.29 is 27.2 Å². The first-order valence-corrected chi connectivity index (χ1v) is 6.78. The van der Waals surface area contributed by atoms with E-state index in [0.717, 1.165) is 0 Å². The number of rotatable bonds is 5. The normalized spacial score (nSPS) is 11.1. The summed E-state index contributed by atoms with van der Waals surface area (Å²) in [6, 6.07) is 4.89. The summed E-state index contributed by atoms with van der Waals surface area (Å²) in [6.07, 6.45) is -3.11. The van der Waals surface area contributed by atoms with Crippen LogP contribution in [-0.4, -0.2) is 29.5 Å². The molecule has 0 fully saturated rings. The van der Waals surface area contributed by atoms with Gasteiger partial charge in [-0.25, -0.2) is 0 Å². The molecule has 1 N–H and O–H groups in total. The van der Waals surface area contributed by atoms with Gasteiger partial charge >= 0.3 is 12.1 Å². The molecule has 24 heavy (non-hydrogen) atoms. The van der Waals surface area contributed by atoms with E-state index in [1.54, 1.807) is 18.3 Å². The zero-order valence-corrected chi connectivity index (χ0v) is 12.5. The zero-order chi connectivity index (χ0) is 17.9. The van der Waals surface area contributed by atoms with Crippen LogP contribution in [-0.2, 0) is 11.3 Å². The lowest BCUT2D eigenvalue weighted by Crippen LogP contribution is -2.38. The summed E-state index contributed by atoms with van der Waals surface area (Å²) in [4.78, 5) is 22.0. The average Bonchev–Trinajstić information content (AvgIpc) is 3.08. The Morgan fingerprint density at radius 3 is 2.71 bits per heavy atom. The fourth-order valence-corrected chi connectivity index (χ4v) is 2.23. The van der Waals surface area contributed by atoms with E-state index in [0.29, 0.717) is 17.6 Å². The number of furan rings is 1. The van der Waals surface area contributed by atoms with Crippen molar-refractivity contribution >= 4 is 12.2 Å². The number of carbonyl (C=O) groups excluding carboxylic acids is 2. The molecule has 0 bridgehead atoms. The van der Waals surface area contributed by atoms with E-state index in [9.17, 15) is 28.0 Å². The Labute approximate surface area is 134 Å². The van der Waals surface area contributed by atoms with Crippen LogP contribution in [0.4, 0.5) is 13.2 Å². The van der Waals surface area contributed by atoms with E-state index in [-0.39, 0.29) is 30.0 Å². The molecule has 1 amide bonds. The second kappa shape index (κ2) is 6.62. The maximum atomic E-state index is 12.2. The number of amides is 1. The van der Waals surface area contributed by atoms with Gasteiger partial charge in [0.05, 0.1) is 17.5 Å². The first-order valence-electron chi connectivity index (χ1n) is 6.78. The molecule has 0 saturated heterocycles. The number of nitrogens with one attached hydrogen (secondary N) is 1. The van der Waals surface area contributed by atoms with Crippen LogP contribution in [0.25, 0.3) is 11.5 Å². The van der Waals surface area contributed by atoms with Crippen LogP contribution in [0.5, 0.6) is 0 Å². The Balaban J connectivity index is 2.34. The van der Waals surface area contributed by atoms with Gasteiger partial charge in [-0.1, -0.05) is 0 Å². The highest BCUT2D eigenvalue weighted by molar-refractivity contribution is 5.82. The van der Waals surface area contributed by atoms with Crippen molar-refractivity contribution in [3.8, 4) is 17.5 Å². The summed E-state index contributed by atoms with van der Waals surface area (Å²) in [5, 5.41) is 10.9. The molecule has 126 valence electrons.